The van der Waals surface area contributed by atoms with Crippen molar-refractivity contribution in [2.75, 3.05) is 0 Å². The van der Waals surface area contributed by atoms with Crippen LogP contribution in [0.5, 0.6) is 0 Å². The molecule has 0 unspecified atom stereocenters. The van der Waals surface area contributed by atoms with Crippen molar-refractivity contribution in [2.45, 2.75) is 0 Å². The molecule has 60 heavy (non-hydrogen) atoms. The molecule has 10 aromatic carbocycles. The topological polar surface area (TPSA) is 48.5 Å². The van der Waals surface area contributed by atoms with E-state index in [0.29, 0.717) is 17.6 Å². The third-order valence-electron chi connectivity index (χ3n) is 12.3. The summed E-state index contributed by atoms with van der Waals surface area (Å²) in [5.74, 6) is 1.85. The Morgan fingerprint density at radius 2 is 0.817 bits per heavy atom. The molecule has 0 amide bonds. The Bertz CT molecular complexity index is 3750. The molecule has 5 nitrogen and oxygen atoms in total. The van der Waals surface area contributed by atoms with Crippen LogP contribution in [0.1, 0.15) is 0 Å². The van der Waals surface area contributed by atoms with E-state index in [-0.39, 0.29) is 0 Å². The highest BCUT2D eigenvalue weighted by Crippen LogP contribution is 2.42. The van der Waals surface area contributed by atoms with Gasteiger partial charge in [-0.25, -0.2) is 4.98 Å². The second-order valence-corrected chi connectivity index (χ2v) is 15.6. The van der Waals surface area contributed by atoms with E-state index in [1.165, 1.54) is 48.8 Å². The molecule has 3 heterocycles. The van der Waals surface area contributed by atoms with E-state index < -0.39 is 0 Å². The van der Waals surface area contributed by atoms with Crippen molar-refractivity contribution in [3.63, 3.8) is 0 Å². The minimum Gasteiger partial charge on any atom is -0.309 e. The van der Waals surface area contributed by atoms with E-state index in [2.05, 4.69) is 173 Å². The molecule has 0 atom stereocenters. The molecule has 0 aliphatic rings. The standard InChI is InChI=1S/C55H33N5/c1-3-13-37(14-4-1)53-56-54(38-15-5-2-6-16-38)58-55(57-53)60-48-24-10-8-22-43(48)46-32-49-45(33-50(46)60)42-21-7-9-23-47(42)59(49)40-20-12-19-39(31-40)41-29-27-36-26-25-34-17-11-18-35-28-30-44(41)52(36)51(34)35/h1-33H. The molecule has 3 aromatic heterocycles. The highest BCUT2D eigenvalue weighted by atomic mass is 15.2. The Balaban J connectivity index is 1.05. The molecule has 5 heteroatoms. The summed E-state index contributed by atoms with van der Waals surface area (Å²) in [7, 11) is 0. The third-order valence-corrected chi connectivity index (χ3v) is 12.3. The van der Waals surface area contributed by atoms with E-state index in [0.717, 1.165) is 55.0 Å². The number of para-hydroxylation sites is 2. The van der Waals surface area contributed by atoms with E-state index in [1.807, 2.05) is 36.4 Å². The Morgan fingerprint density at radius 1 is 0.300 bits per heavy atom. The molecule has 0 spiro atoms. The Hall–Kier alpha value is -8.15. The van der Waals surface area contributed by atoms with Crippen molar-refractivity contribution in [2.24, 2.45) is 0 Å². The van der Waals surface area contributed by atoms with Crippen molar-refractivity contribution < 1.29 is 0 Å². The monoisotopic (exact) mass is 763 g/mol. The van der Waals surface area contributed by atoms with Gasteiger partial charge in [0.1, 0.15) is 0 Å². The SMILES string of the molecule is c1ccc(-c2nc(-c3ccccc3)nc(-n3c4ccccc4c4cc5c(cc43)c3ccccc3n5-c3cccc(-c4ccc5ccc6cccc7ccc4c5c67)c3)n2)cc1. The van der Waals surface area contributed by atoms with Gasteiger partial charge < -0.3 is 4.57 Å². The average molecular weight is 764 g/mol. The molecule has 278 valence electrons. The lowest BCUT2D eigenvalue weighted by atomic mass is 9.90. The van der Waals surface area contributed by atoms with Crippen molar-refractivity contribution >= 4 is 75.9 Å². The first-order valence-corrected chi connectivity index (χ1v) is 20.4. The summed E-state index contributed by atoms with van der Waals surface area (Å²) in [4.78, 5) is 15.4. The van der Waals surface area contributed by atoms with Gasteiger partial charge in [-0.3, -0.25) is 4.57 Å². The maximum atomic E-state index is 5.19. The highest BCUT2D eigenvalue weighted by molar-refractivity contribution is 6.25. The lowest BCUT2D eigenvalue weighted by molar-refractivity contribution is 0.954. The molecular formula is C55H33N5. The molecule has 0 aliphatic heterocycles. The highest BCUT2D eigenvalue weighted by Gasteiger charge is 2.22. The molecular weight excluding hydrogens is 731 g/mol. The average Bonchev–Trinajstić information content (AvgIpc) is 3.82. The first-order chi connectivity index (χ1) is 29.7. The predicted molar refractivity (Wildman–Crippen MR) is 249 cm³/mol. The Morgan fingerprint density at radius 3 is 1.48 bits per heavy atom. The van der Waals surface area contributed by atoms with E-state index in [4.69, 9.17) is 15.0 Å². The van der Waals surface area contributed by atoms with Gasteiger partial charge >= 0.3 is 0 Å². The number of fused-ring (bicyclic) bond motifs is 6. The van der Waals surface area contributed by atoms with Crippen molar-refractivity contribution in [3.8, 4) is 45.5 Å². The van der Waals surface area contributed by atoms with Gasteiger partial charge in [0.15, 0.2) is 11.6 Å². The summed E-state index contributed by atoms with van der Waals surface area (Å²) < 4.78 is 4.64. The van der Waals surface area contributed by atoms with Gasteiger partial charge in [-0.05, 0) is 79.8 Å². The van der Waals surface area contributed by atoms with Gasteiger partial charge in [0.05, 0.1) is 22.1 Å². The molecule has 0 radical (unpaired) electrons. The molecule has 0 bridgehead atoms. The zero-order chi connectivity index (χ0) is 39.3. The fraction of sp³-hybridized carbons (Fsp3) is 0. The number of hydrogen-bond donors (Lipinski definition) is 0. The summed E-state index contributed by atoms with van der Waals surface area (Å²) >= 11 is 0. The summed E-state index contributed by atoms with van der Waals surface area (Å²) in [6, 6.07) is 71.6. The second-order valence-electron chi connectivity index (χ2n) is 15.6. The van der Waals surface area contributed by atoms with Gasteiger partial charge in [-0.2, -0.15) is 9.97 Å². The zero-order valence-corrected chi connectivity index (χ0v) is 32.3. The predicted octanol–water partition coefficient (Wildman–Crippen LogP) is 14.0. The van der Waals surface area contributed by atoms with Crippen LogP contribution in [0.2, 0.25) is 0 Å². The van der Waals surface area contributed by atoms with Crippen molar-refractivity contribution in [1.29, 1.82) is 0 Å². The molecule has 0 saturated carbocycles. The van der Waals surface area contributed by atoms with Gasteiger partial charge in [-0.15, -0.1) is 0 Å². The molecule has 0 N–H and O–H groups in total. The Kier molecular flexibility index (Phi) is 6.95. The van der Waals surface area contributed by atoms with Gasteiger partial charge in [0.25, 0.3) is 0 Å². The minimum absolute atomic E-state index is 0.581. The largest absolute Gasteiger partial charge is 0.309 e. The first-order valence-electron chi connectivity index (χ1n) is 20.4. The lowest BCUT2D eigenvalue weighted by Gasteiger charge is -2.15. The summed E-state index contributed by atoms with van der Waals surface area (Å²) in [5.41, 5.74) is 9.79. The molecule has 13 aromatic rings. The quantitative estimate of drug-likeness (QED) is 0.164. The minimum atomic E-state index is 0.581. The molecule has 0 fully saturated rings. The van der Waals surface area contributed by atoms with Crippen LogP contribution in [0.25, 0.3) is 121 Å². The first kappa shape index (κ1) is 32.9. The number of rotatable bonds is 5. The van der Waals surface area contributed by atoms with Gasteiger partial charge in [0.2, 0.25) is 5.95 Å². The normalized spacial score (nSPS) is 12.0. The van der Waals surface area contributed by atoms with Crippen molar-refractivity contribution in [3.05, 3.63) is 200 Å². The fourth-order valence-corrected chi connectivity index (χ4v) is 9.62. The van der Waals surface area contributed by atoms with E-state index in [1.54, 1.807) is 0 Å². The summed E-state index contributed by atoms with van der Waals surface area (Å²) in [5, 5.41) is 12.4. The summed E-state index contributed by atoms with van der Waals surface area (Å²) in [6.07, 6.45) is 0. The number of aromatic nitrogens is 5. The fourth-order valence-electron chi connectivity index (χ4n) is 9.62. The summed E-state index contributed by atoms with van der Waals surface area (Å²) in [6.45, 7) is 0. The third kappa shape index (κ3) is 4.84. The molecule has 0 saturated heterocycles. The molecule has 13 rings (SSSR count). The zero-order valence-electron chi connectivity index (χ0n) is 32.3. The van der Waals surface area contributed by atoms with Crippen LogP contribution < -0.4 is 0 Å². The van der Waals surface area contributed by atoms with Gasteiger partial charge in [-0.1, -0.05) is 164 Å². The second kappa shape index (κ2) is 12.7. The van der Waals surface area contributed by atoms with Crippen LogP contribution >= 0.6 is 0 Å². The van der Waals surface area contributed by atoms with Crippen LogP contribution in [-0.4, -0.2) is 24.1 Å². The van der Waals surface area contributed by atoms with Crippen LogP contribution in [0.4, 0.5) is 0 Å². The van der Waals surface area contributed by atoms with Crippen LogP contribution in [-0.2, 0) is 0 Å². The maximum Gasteiger partial charge on any atom is 0.238 e. The van der Waals surface area contributed by atoms with E-state index in [9.17, 15) is 0 Å². The van der Waals surface area contributed by atoms with Crippen LogP contribution in [0, 0.1) is 0 Å². The van der Waals surface area contributed by atoms with E-state index >= 15 is 0 Å². The van der Waals surface area contributed by atoms with Crippen LogP contribution in [0.3, 0.4) is 0 Å². The lowest BCUT2D eigenvalue weighted by Crippen LogP contribution is -2.06. The van der Waals surface area contributed by atoms with Crippen LogP contribution in [0.15, 0.2) is 200 Å². The number of nitrogens with zero attached hydrogens (tertiary/aromatic N) is 5. The number of benzene rings is 10. The maximum absolute atomic E-state index is 5.19. The molecule has 0 aliphatic carbocycles. The Labute approximate surface area is 344 Å². The van der Waals surface area contributed by atoms with Crippen molar-refractivity contribution in [1.82, 2.24) is 24.1 Å². The number of hydrogen-bond acceptors (Lipinski definition) is 3. The van der Waals surface area contributed by atoms with Gasteiger partial charge in [0, 0.05) is 38.4 Å². The smallest absolute Gasteiger partial charge is 0.238 e.